The predicted molar refractivity (Wildman–Crippen MR) is 47.4 cm³/mol. The van der Waals surface area contributed by atoms with E-state index in [1.807, 2.05) is 6.08 Å². The summed E-state index contributed by atoms with van der Waals surface area (Å²) in [4.78, 5) is 0. The second kappa shape index (κ2) is 4.75. The topological polar surface area (TPSA) is 26.0 Å². The van der Waals surface area contributed by atoms with Crippen molar-refractivity contribution in [1.82, 2.24) is 0 Å². The van der Waals surface area contributed by atoms with Gasteiger partial charge in [0.1, 0.15) is 0 Å². The summed E-state index contributed by atoms with van der Waals surface area (Å²) in [6.45, 7) is 3.76. The zero-order chi connectivity index (χ0) is 6.69. The third-order valence-corrected chi connectivity index (χ3v) is 2.09. The highest BCUT2D eigenvalue weighted by atomic mass is 35.5. The van der Waals surface area contributed by atoms with E-state index in [9.17, 15) is 0 Å². The molecule has 0 spiro atoms. The third kappa shape index (κ3) is 2.72. The van der Waals surface area contributed by atoms with E-state index in [0.717, 1.165) is 6.42 Å². The second-order valence-corrected chi connectivity index (χ2v) is 2.92. The van der Waals surface area contributed by atoms with Crippen LogP contribution in [0.5, 0.6) is 0 Å². The average molecular weight is 162 g/mol. The fourth-order valence-electron chi connectivity index (χ4n) is 1.48. The molecule has 1 saturated carbocycles. The highest BCUT2D eigenvalue weighted by Gasteiger charge is 2.15. The number of allylic oxidation sites excluding steroid dienone is 1. The van der Waals surface area contributed by atoms with Gasteiger partial charge in [0.2, 0.25) is 0 Å². The molecule has 10 heavy (non-hydrogen) atoms. The van der Waals surface area contributed by atoms with E-state index in [1.54, 1.807) is 0 Å². The molecule has 0 amide bonds. The molecule has 1 fully saturated rings. The molecule has 0 aromatic heterocycles. The standard InChI is InChI=1S/C8H15N.ClH/c1-2-7-4-3-5-8(9)6-7;/h2,7-8H,1,3-6,9H2;1H/t7-,8-;/m0./s1. The van der Waals surface area contributed by atoms with Gasteiger partial charge in [-0.3, -0.25) is 0 Å². The summed E-state index contributed by atoms with van der Waals surface area (Å²) in [6, 6.07) is 0.446. The van der Waals surface area contributed by atoms with Gasteiger partial charge < -0.3 is 5.73 Å². The molecular weight excluding hydrogens is 146 g/mol. The lowest BCUT2D eigenvalue weighted by molar-refractivity contribution is 0.373. The van der Waals surface area contributed by atoms with Crippen LogP contribution in [0, 0.1) is 5.92 Å². The molecular formula is C8H16ClN. The summed E-state index contributed by atoms with van der Waals surface area (Å²) in [5.74, 6) is 0.703. The van der Waals surface area contributed by atoms with Crippen LogP contribution in [0.15, 0.2) is 12.7 Å². The Kier molecular flexibility index (Phi) is 4.75. The maximum absolute atomic E-state index is 5.75. The Morgan fingerprint density at radius 1 is 1.40 bits per heavy atom. The predicted octanol–water partition coefficient (Wildman–Crippen LogP) is 2.11. The lowest BCUT2D eigenvalue weighted by Gasteiger charge is -2.23. The monoisotopic (exact) mass is 161 g/mol. The van der Waals surface area contributed by atoms with Gasteiger partial charge in [0, 0.05) is 6.04 Å². The van der Waals surface area contributed by atoms with Crippen LogP contribution in [0.25, 0.3) is 0 Å². The quantitative estimate of drug-likeness (QED) is 0.586. The summed E-state index contributed by atoms with van der Waals surface area (Å²) >= 11 is 0. The van der Waals surface area contributed by atoms with Crippen molar-refractivity contribution in [2.75, 3.05) is 0 Å². The van der Waals surface area contributed by atoms with Crippen LogP contribution >= 0.6 is 12.4 Å². The Balaban J connectivity index is 0.000000810. The molecule has 1 aliphatic carbocycles. The van der Waals surface area contributed by atoms with E-state index < -0.39 is 0 Å². The van der Waals surface area contributed by atoms with Crippen molar-refractivity contribution in [1.29, 1.82) is 0 Å². The van der Waals surface area contributed by atoms with Gasteiger partial charge in [0.15, 0.2) is 0 Å². The smallest absolute Gasteiger partial charge is 0.00444 e. The van der Waals surface area contributed by atoms with Gasteiger partial charge in [-0.25, -0.2) is 0 Å². The Labute approximate surface area is 69.1 Å². The molecule has 0 aromatic rings. The van der Waals surface area contributed by atoms with Crippen LogP contribution in [-0.2, 0) is 0 Å². The Morgan fingerprint density at radius 3 is 2.50 bits per heavy atom. The molecule has 0 heterocycles. The molecule has 2 N–H and O–H groups in total. The summed E-state index contributed by atoms with van der Waals surface area (Å²) in [5.41, 5.74) is 5.75. The minimum atomic E-state index is 0. The van der Waals surface area contributed by atoms with E-state index in [0.29, 0.717) is 12.0 Å². The number of rotatable bonds is 1. The van der Waals surface area contributed by atoms with Crippen molar-refractivity contribution in [3.63, 3.8) is 0 Å². The number of hydrogen-bond donors (Lipinski definition) is 1. The van der Waals surface area contributed by atoms with Crippen LogP contribution < -0.4 is 5.73 Å². The van der Waals surface area contributed by atoms with Crippen molar-refractivity contribution >= 4 is 12.4 Å². The lowest BCUT2D eigenvalue weighted by atomic mass is 9.86. The van der Waals surface area contributed by atoms with E-state index in [4.69, 9.17) is 5.73 Å². The van der Waals surface area contributed by atoms with Gasteiger partial charge in [-0.2, -0.15) is 0 Å². The molecule has 0 unspecified atom stereocenters. The van der Waals surface area contributed by atoms with Gasteiger partial charge in [-0.1, -0.05) is 12.5 Å². The number of hydrogen-bond acceptors (Lipinski definition) is 1. The van der Waals surface area contributed by atoms with Crippen molar-refractivity contribution in [3.8, 4) is 0 Å². The summed E-state index contributed by atoms with van der Waals surface area (Å²) in [7, 11) is 0. The van der Waals surface area contributed by atoms with Crippen molar-refractivity contribution < 1.29 is 0 Å². The van der Waals surface area contributed by atoms with Gasteiger partial charge in [0.25, 0.3) is 0 Å². The van der Waals surface area contributed by atoms with Crippen LogP contribution in [0.2, 0.25) is 0 Å². The van der Waals surface area contributed by atoms with Crippen molar-refractivity contribution in [2.24, 2.45) is 11.7 Å². The fraction of sp³-hybridized carbons (Fsp3) is 0.750. The van der Waals surface area contributed by atoms with Crippen molar-refractivity contribution in [2.45, 2.75) is 31.7 Å². The highest BCUT2D eigenvalue weighted by molar-refractivity contribution is 5.85. The zero-order valence-electron chi connectivity index (χ0n) is 6.25. The van der Waals surface area contributed by atoms with Gasteiger partial charge in [-0.05, 0) is 25.2 Å². The normalized spacial score (nSPS) is 32.5. The number of halogens is 1. The van der Waals surface area contributed by atoms with Crippen LogP contribution in [0.3, 0.4) is 0 Å². The largest absolute Gasteiger partial charge is 0.328 e. The molecule has 60 valence electrons. The molecule has 1 aliphatic rings. The van der Waals surface area contributed by atoms with Crippen LogP contribution in [0.1, 0.15) is 25.7 Å². The van der Waals surface area contributed by atoms with E-state index in [1.165, 1.54) is 19.3 Å². The first-order valence-corrected chi connectivity index (χ1v) is 3.71. The van der Waals surface area contributed by atoms with E-state index in [-0.39, 0.29) is 12.4 Å². The maximum atomic E-state index is 5.75. The molecule has 0 aliphatic heterocycles. The minimum Gasteiger partial charge on any atom is -0.328 e. The first kappa shape index (κ1) is 9.99. The minimum absolute atomic E-state index is 0. The van der Waals surface area contributed by atoms with E-state index >= 15 is 0 Å². The molecule has 0 radical (unpaired) electrons. The summed E-state index contributed by atoms with van der Waals surface area (Å²) in [6.07, 6.45) is 7.00. The van der Waals surface area contributed by atoms with Crippen molar-refractivity contribution in [3.05, 3.63) is 12.7 Å². The molecule has 1 rings (SSSR count). The maximum Gasteiger partial charge on any atom is 0.00444 e. The van der Waals surface area contributed by atoms with Gasteiger partial charge in [0.05, 0.1) is 0 Å². The SMILES string of the molecule is C=C[C@H]1CCC[C@H](N)C1.Cl. The summed E-state index contributed by atoms with van der Waals surface area (Å²) in [5, 5.41) is 0. The zero-order valence-corrected chi connectivity index (χ0v) is 7.07. The molecule has 0 bridgehead atoms. The molecule has 2 atom stereocenters. The molecule has 0 aromatic carbocycles. The Hall–Kier alpha value is -0.0100. The number of nitrogens with two attached hydrogens (primary N) is 1. The first-order valence-electron chi connectivity index (χ1n) is 3.71. The Bertz CT molecular complexity index is 103. The van der Waals surface area contributed by atoms with Crippen LogP contribution in [0.4, 0.5) is 0 Å². The fourth-order valence-corrected chi connectivity index (χ4v) is 1.48. The summed E-state index contributed by atoms with van der Waals surface area (Å²) < 4.78 is 0. The molecule has 0 saturated heterocycles. The molecule has 1 nitrogen and oxygen atoms in total. The Morgan fingerprint density at radius 2 is 2.10 bits per heavy atom. The van der Waals surface area contributed by atoms with E-state index in [2.05, 4.69) is 6.58 Å². The third-order valence-electron chi connectivity index (χ3n) is 2.09. The molecule has 2 heteroatoms. The second-order valence-electron chi connectivity index (χ2n) is 2.92. The first-order chi connectivity index (χ1) is 4.33. The van der Waals surface area contributed by atoms with Gasteiger partial charge in [-0.15, -0.1) is 19.0 Å². The highest BCUT2D eigenvalue weighted by Crippen LogP contribution is 2.23. The van der Waals surface area contributed by atoms with Crippen LogP contribution in [-0.4, -0.2) is 6.04 Å². The average Bonchev–Trinajstić information content (AvgIpc) is 1.88. The van der Waals surface area contributed by atoms with Gasteiger partial charge >= 0.3 is 0 Å². The lowest BCUT2D eigenvalue weighted by Crippen LogP contribution is -2.26.